The number of benzene rings is 1. The van der Waals surface area contributed by atoms with Gasteiger partial charge in [0.1, 0.15) is 0 Å². The van der Waals surface area contributed by atoms with Crippen LogP contribution in [0.4, 0.5) is 5.69 Å². The third-order valence-corrected chi connectivity index (χ3v) is 5.69. The topological polar surface area (TPSA) is 69.6 Å². The van der Waals surface area contributed by atoms with E-state index in [1.165, 1.54) is 4.31 Å². The minimum atomic E-state index is -3.45. The third kappa shape index (κ3) is 3.96. The van der Waals surface area contributed by atoms with E-state index >= 15 is 0 Å². The number of anilines is 1. The molecule has 0 radical (unpaired) electrons. The Morgan fingerprint density at radius 1 is 1.33 bits per heavy atom. The van der Waals surface area contributed by atoms with Crippen molar-refractivity contribution in [3.63, 3.8) is 0 Å². The van der Waals surface area contributed by atoms with Gasteiger partial charge >= 0.3 is 0 Å². The Morgan fingerprint density at radius 3 is 2.67 bits per heavy atom. The molecule has 0 spiro atoms. The van der Waals surface area contributed by atoms with E-state index in [9.17, 15) is 13.5 Å². The number of sulfonamides is 1. The molecule has 21 heavy (non-hydrogen) atoms. The summed E-state index contributed by atoms with van der Waals surface area (Å²) in [6.45, 7) is 3.95. The molecule has 5 nitrogen and oxygen atoms in total. The second kappa shape index (κ2) is 7.24. The van der Waals surface area contributed by atoms with E-state index in [-0.39, 0.29) is 12.5 Å². The highest BCUT2D eigenvalue weighted by molar-refractivity contribution is 7.89. The number of hydrogen-bond acceptors (Lipinski definition) is 4. The second-order valence-electron chi connectivity index (χ2n) is 5.51. The van der Waals surface area contributed by atoms with Crippen LogP contribution in [0.5, 0.6) is 0 Å². The quantitative estimate of drug-likeness (QED) is 0.842. The second-order valence-corrected chi connectivity index (χ2v) is 7.44. The molecule has 1 fully saturated rings. The average molecular weight is 312 g/mol. The maximum absolute atomic E-state index is 12.6. The molecule has 2 N–H and O–H groups in total. The van der Waals surface area contributed by atoms with Crippen LogP contribution in [0.2, 0.25) is 0 Å². The molecule has 1 aromatic rings. The first kappa shape index (κ1) is 16.3. The summed E-state index contributed by atoms with van der Waals surface area (Å²) in [6.07, 6.45) is 2.72. The highest BCUT2D eigenvalue weighted by Crippen LogP contribution is 2.24. The first-order chi connectivity index (χ1) is 10.1. The van der Waals surface area contributed by atoms with Crippen LogP contribution in [0.15, 0.2) is 29.2 Å². The number of nitrogens with one attached hydrogen (secondary N) is 1. The zero-order chi connectivity index (χ0) is 15.3. The summed E-state index contributed by atoms with van der Waals surface area (Å²) in [7, 11) is -3.45. The number of hydrogen-bond donors (Lipinski definition) is 2. The first-order valence-corrected chi connectivity index (χ1v) is 8.97. The minimum absolute atomic E-state index is 0.0475. The lowest BCUT2D eigenvalue weighted by Gasteiger charge is -2.31. The predicted molar refractivity (Wildman–Crippen MR) is 83.8 cm³/mol. The Labute approximate surface area is 127 Å². The molecule has 1 heterocycles. The smallest absolute Gasteiger partial charge is 0.243 e. The number of nitrogens with zero attached hydrogens (tertiary/aromatic N) is 1. The van der Waals surface area contributed by atoms with Crippen LogP contribution in [-0.4, -0.2) is 44.1 Å². The molecule has 1 saturated heterocycles. The zero-order valence-electron chi connectivity index (χ0n) is 12.5. The molecule has 1 aromatic carbocycles. The predicted octanol–water partition coefficient (Wildman–Crippen LogP) is 1.90. The lowest BCUT2D eigenvalue weighted by molar-refractivity contribution is 0.165. The number of aliphatic hydroxyl groups is 1. The molecule has 1 aliphatic rings. The number of piperidine rings is 1. The van der Waals surface area contributed by atoms with E-state index < -0.39 is 10.0 Å². The molecule has 0 aliphatic carbocycles. The van der Waals surface area contributed by atoms with Gasteiger partial charge in [0.25, 0.3) is 0 Å². The fourth-order valence-corrected chi connectivity index (χ4v) is 4.11. The van der Waals surface area contributed by atoms with Crippen LogP contribution < -0.4 is 5.32 Å². The molecule has 1 aliphatic heterocycles. The lowest BCUT2D eigenvalue weighted by Crippen LogP contribution is -2.40. The first-order valence-electron chi connectivity index (χ1n) is 7.53. The molecular weight excluding hydrogens is 288 g/mol. The van der Waals surface area contributed by atoms with E-state index in [2.05, 4.69) is 12.2 Å². The van der Waals surface area contributed by atoms with Gasteiger partial charge in [0.05, 0.1) is 4.90 Å². The van der Waals surface area contributed by atoms with Gasteiger partial charge in [0, 0.05) is 31.9 Å². The Bertz CT molecular complexity index is 543. The third-order valence-electron chi connectivity index (χ3n) is 3.81. The van der Waals surface area contributed by atoms with Crippen LogP contribution in [0.1, 0.15) is 26.2 Å². The minimum Gasteiger partial charge on any atom is -0.396 e. The van der Waals surface area contributed by atoms with Crippen molar-refractivity contribution in [3.05, 3.63) is 24.3 Å². The van der Waals surface area contributed by atoms with Crippen LogP contribution in [0.25, 0.3) is 0 Å². The summed E-state index contributed by atoms with van der Waals surface area (Å²) < 4.78 is 26.7. The molecular formula is C15H24N2O3S. The van der Waals surface area contributed by atoms with Gasteiger partial charge in [-0.2, -0.15) is 4.31 Å². The van der Waals surface area contributed by atoms with Crippen LogP contribution in [0, 0.1) is 5.92 Å². The normalized spacial score (nSPS) is 20.4. The largest absolute Gasteiger partial charge is 0.396 e. The Morgan fingerprint density at radius 2 is 2.05 bits per heavy atom. The standard InChI is InChI=1S/C15H24N2O3S/c1-2-9-16-14-5-7-15(8-6-14)21(19,20)17-10-3-4-13(11-17)12-18/h5-8,13,16,18H,2-4,9-12H2,1H3. The van der Waals surface area contributed by atoms with Gasteiger partial charge in [-0.05, 0) is 49.4 Å². The van der Waals surface area contributed by atoms with Gasteiger partial charge in [0.15, 0.2) is 0 Å². The van der Waals surface area contributed by atoms with E-state index in [1.807, 2.05) is 0 Å². The fraction of sp³-hybridized carbons (Fsp3) is 0.600. The molecule has 0 bridgehead atoms. The van der Waals surface area contributed by atoms with Gasteiger partial charge in [-0.3, -0.25) is 0 Å². The molecule has 6 heteroatoms. The Balaban J connectivity index is 2.11. The fourth-order valence-electron chi connectivity index (χ4n) is 2.56. The molecule has 1 atom stereocenters. The highest BCUT2D eigenvalue weighted by atomic mass is 32.2. The molecule has 118 valence electrons. The Hall–Kier alpha value is -1.11. The van der Waals surface area contributed by atoms with Crippen molar-refractivity contribution in [1.82, 2.24) is 4.31 Å². The van der Waals surface area contributed by atoms with Crippen LogP contribution >= 0.6 is 0 Å². The van der Waals surface area contributed by atoms with Gasteiger partial charge < -0.3 is 10.4 Å². The highest BCUT2D eigenvalue weighted by Gasteiger charge is 2.29. The Kier molecular flexibility index (Phi) is 5.61. The van der Waals surface area contributed by atoms with Crippen molar-refractivity contribution in [3.8, 4) is 0 Å². The van der Waals surface area contributed by atoms with E-state index in [1.54, 1.807) is 24.3 Å². The monoisotopic (exact) mass is 312 g/mol. The van der Waals surface area contributed by atoms with Crippen molar-refractivity contribution < 1.29 is 13.5 Å². The molecule has 2 rings (SSSR count). The zero-order valence-corrected chi connectivity index (χ0v) is 13.3. The summed E-state index contributed by atoms with van der Waals surface area (Å²) in [6, 6.07) is 6.90. The summed E-state index contributed by atoms with van der Waals surface area (Å²) in [5.74, 6) is 0.0546. The summed E-state index contributed by atoms with van der Waals surface area (Å²) in [5.41, 5.74) is 0.933. The summed E-state index contributed by atoms with van der Waals surface area (Å²) >= 11 is 0. The van der Waals surface area contributed by atoms with Gasteiger partial charge in [-0.1, -0.05) is 6.92 Å². The lowest BCUT2D eigenvalue weighted by atomic mass is 10.0. The van der Waals surface area contributed by atoms with Crippen molar-refractivity contribution >= 4 is 15.7 Å². The maximum Gasteiger partial charge on any atom is 0.243 e. The van der Waals surface area contributed by atoms with Crippen molar-refractivity contribution in [2.24, 2.45) is 5.92 Å². The molecule has 0 aromatic heterocycles. The van der Waals surface area contributed by atoms with E-state index in [0.29, 0.717) is 18.0 Å². The molecule has 1 unspecified atom stereocenters. The maximum atomic E-state index is 12.6. The van der Waals surface area contributed by atoms with Gasteiger partial charge in [-0.25, -0.2) is 8.42 Å². The van der Waals surface area contributed by atoms with E-state index in [4.69, 9.17) is 0 Å². The molecule has 0 amide bonds. The van der Waals surface area contributed by atoms with E-state index in [0.717, 1.165) is 31.5 Å². The average Bonchev–Trinajstić information content (AvgIpc) is 2.53. The van der Waals surface area contributed by atoms with Crippen molar-refractivity contribution in [1.29, 1.82) is 0 Å². The summed E-state index contributed by atoms with van der Waals surface area (Å²) in [5, 5.41) is 12.5. The van der Waals surface area contributed by atoms with Crippen molar-refractivity contribution in [2.45, 2.75) is 31.1 Å². The number of rotatable bonds is 6. The molecule has 0 saturated carbocycles. The van der Waals surface area contributed by atoms with Gasteiger partial charge in [0.2, 0.25) is 10.0 Å². The van der Waals surface area contributed by atoms with Crippen LogP contribution in [0.3, 0.4) is 0 Å². The van der Waals surface area contributed by atoms with Crippen LogP contribution in [-0.2, 0) is 10.0 Å². The van der Waals surface area contributed by atoms with Crippen molar-refractivity contribution in [2.75, 3.05) is 31.6 Å². The number of aliphatic hydroxyl groups excluding tert-OH is 1. The summed E-state index contributed by atoms with van der Waals surface area (Å²) in [4.78, 5) is 0.322. The van der Waals surface area contributed by atoms with Gasteiger partial charge in [-0.15, -0.1) is 0 Å². The SMILES string of the molecule is CCCNc1ccc(S(=O)(=O)N2CCCC(CO)C2)cc1.